The minimum atomic E-state index is -0.173. The third-order valence-electron chi connectivity index (χ3n) is 10.2. The van der Waals surface area contributed by atoms with E-state index in [2.05, 4.69) is 62.3 Å². The molecule has 1 amide bonds. The van der Waals surface area contributed by atoms with Crippen molar-refractivity contribution in [1.29, 1.82) is 0 Å². The maximum absolute atomic E-state index is 13.9. The number of ether oxygens (including phenoxy) is 1. The number of rotatable bonds is 14. The fourth-order valence-corrected chi connectivity index (χ4v) is 7.28. The molecule has 3 aromatic rings. The zero-order chi connectivity index (χ0) is 34.0. The standard InChI is InChI=1S/C39H56N6O3/c1-5-45(34-13-21-48-22-14-34)37-25-33(24-35(30(37)4)38(46)41-26-36-28(2)23-29(3)42-39(36)47)32-11-9-31(10-12-32)27-44-19-17-43(18-20-44)16-8-6-7-15-40/h9-12,23-25,34H,5-8,13-22,26-27,40H2,1-4H3,(H,41,46)(H,42,47). The number of anilines is 1. The second kappa shape index (κ2) is 17.2. The molecule has 0 spiro atoms. The first-order valence-electron chi connectivity index (χ1n) is 18.0. The maximum atomic E-state index is 13.9. The zero-order valence-corrected chi connectivity index (χ0v) is 29.6. The van der Waals surface area contributed by atoms with Crippen LogP contribution in [-0.4, -0.2) is 85.8 Å². The third kappa shape index (κ3) is 9.14. The Morgan fingerprint density at radius 3 is 2.33 bits per heavy atom. The maximum Gasteiger partial charge on any atom is 0.253 e. The van der Waals surface area contributed by atoms with Gasteiger partial charge in [0.2, 0.25) is 0 Å². The van der Waals surface area contributed by atoms with E-state index < -0.39 is 0 Å². The van der Waals surface area contributed by atoms with Gasteiger partial charge in [-0.2, -0.15) is 0 Å². The molecule has 2 aliphatic rings. The molecule has 0 aliphatic carbocycles. The number of nitrogens with zero attached hydrogens (tertiary/aromatic N) is 3. The molecule has 4 N–H and O–H groups in total. The molecule has 2 aliphatic heterocycles. The molecule has 9 nitrogen and oxygen atoms in total. The van der Waals surface area contributed by atoms with Crippen LogP contribution in [0.4, 0.5) is 5.69 Å². The monoisotopic (exact) mass is 656 g/mol. The topological polar surface area (TPSA) is 107 Å². The van der Waals surface area contributed by atoms with Crippen molar-refractivity contribution < 1.29 is 9.53 Å². The molecule has 2 fully saturated rings. The summed E-state index contributed by atoms with van der Waals surface area (Å²) in [5, 5.41) is 3.06. The number of amides is 1. The van der Waals surface area contributed by atoms with Crippen molar-refractivity contribution in [2.24, 2.45) is 5.73 Å². The molecule has 0 atom stereocenters. The summed E-state index contributed by atoms with van der Waals surface area (Å²) in [5.74, 6) is -0.173. The fourth-order valence-electron chi connectivity index (χ4n) is 7.28. The highest BCUT2D eigenvalue weighted by molar-refractivity contribution is 5.99. The summed E-state index contributed by atoms with van der Waals surface area (Å²) in [6, 6.07) is 15.4. The van der Waals surface area contributed by atoms with Gasteiger partial charge in [-0.25, -0.2) is 0 Å². The molecule has 0 unspecified atom stereocenters. The number of nitrogens with one attached hydrogen (secondary N) is 2. The lowest BCUT2D eigenvalue weighted by molar-refractivity contribution is 0.0846. The number of aromatic nitrogens is 1. The Kier molecular flexibility index (Phi) is 12.9. The van der Waals surface area contributed by atoms with Crippen molar-refractivity contribution in [3.8, 4) is 11.1 Å². The Bertz CT molecular complexity index is 1560. The number of aromatic amines is 1. The Morgan fingerprint density at radius 1 is 0.958 bits per heavy atom. The number of pyridine rings is 1. The largest absolute Gasteiger partial charge is 0.381 e. The Hall–Kier alpha value is -3.50. The van der Waals surface area contributed by atoms with Crippen LogP contribution >= 0.6 is 0 Å². The number of nitrogens with two attached hydrogens (primary N) is 1. The number of piperazine rings is 1. The highest BCUT2D eigenvalue weighted by Gasteiger charge is 2.25. The minimum absolute atomic E-state index is 0.157. The molecule has 0 radical (unpaired) electrons. The number of hydrogen-bond donors (Lipinski definition) is 3. The number of unbranched alkanes of at least 4 members (excludes halogenated alkanes) is 2. The predicted molar refractivity (Wildman–Crippen MR) is 196 cm³/mol. The zero-order valence-electron chi connectivity index (χ0n) is 29.6. The molecule has 0 saturated carbocycles. The Morgan fingerprint density at radius 2 is 1.67 bits per heavy atom. The number of carbonyl (C=O) groups is 1. The van der Waals surface area contributed by atoms with E-state index in [0.717, 1.165) is 112 Å². The smallest absolute Gasteiger partial charge is 0.253 e. The van der Waals surface area contributed by atoms with Gasteiger partial charge < -0.3 is 30.6 Å². The SMILES string of the molecule is CCN(c1cc(-c2ccc(CN3CCN(CCCCCN)CC3)cc2)cc(C(=O)NCc2c(C)cc(C)[nH]c2=O)c1C)C1CCOCC1. The minimum Gasteiger partial charge on any atom is -0.381 e. The van der Waals surface area contributed by atoms with Crippen molar-refractivity contribution in [2.75, 3.05) is 63.9 Å². The van der Waals surface area contributed by atoms with Crippen LogP contribution in [-0.2, 0) is 17.8 Å². The summed E-state index contributed by atoms with van der Waals surface area (Å²) in [7, 11) is 0. The number of aryl methyl sites for hydroxylation is 2. The second-order valence-corrected chi connectivity index (χ2v) is 13.6. The molecule has 2 saturated heterocycles. The van der Waals surface area contributed by atoms with Crippen molar-refractivity contribution in [1.82, 2.24) is 20.1 Å². The van der Waals surface area contributed by atoms with Crippen molar-refractivity contribution >= 4 is 11.6 Å². The van der Waals surface area contributed by atoms with Gasteiger partial charge in [-0.05, 0) is 112 Å². The fraction of sp³-hybridized carbons (Fsp3) is 0.538. The highest BCUT2D eigenvalue weighted by Crippen LogP contribution is 2.34. The van der Waals surface area contributed by atoms with Gasteiger partial charge in [-0.3, -0.25) is 14.5 Å². The second-order valence-electron chi connectivity index (χ2n) is 13.6. The summed E-state index contributed by atoms with van der Waals surface area (Å²) < 4.78 is 5.68. The van der Waals surface area contributed by atoms with E-state index in [1.54, 1.807) is 0 Å². The first-order valence-corrected chi connectivity index (χ1v) is 18.0. The normalized spacial score (nSPS) is 16.3. The van der Waals surface area contributed by atoms with Gasteiger partial charge in [0.15, 0.2) is 0 Å². The van der Waals surface area contributed by atoms with Gasteiger partial charge in [0.25, 0.3) is 11.5 Å². The first kappa shape index (κ1) is 35.8. The quantitative estimate of drug-likeness (QED) is 0.206. The van der Waals surface area contributed by atoms with Crippen LogP contribution < -0.4 is 21.5 Å². The molecule has 2 aromatic carbocycles. The van der Waals surface area contributed by atoms with Crippen molar-refractivity contribution in [2.45, 2.75) is 78.9 Å². The van der Waals surface area contributed by atoms with Gasteiger partial charge in [-0.1, -0.05) is 30.7 Å². The van der Waals surface area contributed by atoms with Crippen LogP contribution in [0.5, 0.6) is 0 Å². The molecule has 260 valence electrons. The number of carbonyl (C=O) groups excluding carboxylic acids is 1. The van der Waals surface area contributed by atoms with Crippen LogP contribution in [0.1, 0.15) is 77.3 Å². The third-order valence-corrected chi connectivity index (χ3v) is 10.2. The molecule has 0 bridgehead atoms. The van der Waals surface area contributed by atoms with Gasteiger partial charge in [0.05, 0.1) is 0 Å². The van der Waals surface area contributed by atoms with Crippen LogP contribution in [0, 0.1) is 20.8 Å². The van der Waals surface area contributed by atoms with Gasteiger partial charge in [-0.15, -0.1) is 0 Å². The van der Waals surface area contributed by atoms with E-state index in [9.17, 15) is 9.59 Å². The molecule has 9 heteroatoms. The lowest BCUT2D eigenvalue weighted by Crippen LogP contribution is -2.46. The number of hydrogen-bond acceptors (Lipinski definition) is 7. The van der Waals surface area contributed by atoms with Crippen molar-refractivity contribution in [3.63, 3.8) is 0 Å². The lowest BCUT2D eigenvalue weighted by atomic mass is 9.94. The summed E-state index contributed by atoms with van der Waals surface area (Å²) in [6.07, 6.45) is 5.51. The molecule has 48 heavy (non-hydrogen) atoms. The predicted octanol–water partition coefficient (Wildman–Crippen LogP) is 5.15. The molecule has 3 heterocycles. The average Bonchev–Trinajstić information content (AvgIpc) is 3.09. The van der Waals surface area contributed by atoms with Crippen molar-refractivity contribution in [3.05, 3.63) is 86.3 Å². The Balaban J connectivity index is 1.34. The molecular formula is C39H56N6O3. The van der Waals surface area contributed by atoms with Gasteiger partial charge >= 0.3 is 0 Å². The number of benzene rings is 2. The van der Waals surface area contributed by atoms with E-state index in [-0.39, 0.29) is 18.0 Å². The Labute approximate surface area is 286 Å². The van der Waals surface area contributed by atoms with E-state index in [0.29, 0.717) is 17.2 Å². The van der Waals surface area contributed by atoms with Crippen LogP contribution in [0.2, 0.25) is 0 Å². The van der Waals surface area contributed by atoms with Gasteiger partial charge in [0.1, 0.15) is 0 Å². The number of H-pyrrole nitrogens is 1. The summed E-state index contributed by atoms with van der Waals surface area (Å²) in [6.45, 7) is 17.9. The lowest BCUT2D eigenvalue weighted by Gasteiger charge is -2.37. The summed E-state index contributed by atoms with van der Waals surface area (Å²) in [5.41, 5.74) is 13.8. The highest BCUT2D eigenvalue weighted by atomic mass is 16.5. The van der Waals surface area contributed by atoms with Crippen LogP contribution in [0.3, 0.4) is 0 Å². The average molecular weight is 657 g/mol. The summed E-state index contributed by atoms with van der Waals surface area (Å²) in [4.78, 5) is 37.0. The van der Waals surface area contributed by atoms with Crippen LogP contribution in [0.25, 0.3) is 11.1 Å². The summed E-state index contributed by atoms with van der Waals surface area (Å²) >= 11 is 0. The van der Waals surface area contributed by atoms with E-state index in [1.165, 1.54) is 24.9 Å². The van der Waals surface area contributed by atoms with Gasteiger partial charge in [0, 0.05) is 87.6 Å². The molecule has 1 aromatic heterocycles. The van der Waals surface area contributed by atoms with Crippen LogP contribution in [0.15, 0.2) is 47.3 Å². The van der Waals surface area contributed by atoms with E-state index >= 15 is 0 Å². The first-order chi connectivity index (χ1) is 23.3. The molecule has 5 rings (SSSR count). The van der Waals surface area contributed by atoms with E-state index in [1.807, 2.05) is 32.9 Å². The molecular weight excluding hydrogens is 600 g/mol. The van der Waals surface area contributed by atoms with E-state index in [4.69, 9.17) is 10.5 Å².